The highest BCUT2D eigenvalue weighted by atomic mass is 15.2. The number of rotatable bonds is 3. The fourth-order valence-corrected chi connectivity index (χ4v) is 3.76. The van der Waals surface area contributed by atoms with Crippen LogP contribution in [-0.4, -0.2) is 9.78 Å². The number of aromatic nitrogens is 2. The zero-order valence-electron chi connectivity index (χ0n) is 9.97. The van der Waals surface area contributed by atoms with Crippen molar-refractivity contribution in [2.24, 2.45) is 30.5 Å². The molecular formula is C13H21N3. The third-order valence-corrected chi connectivity index (χ3v) is 4.59. The third kappa shape index (κ3) is 1.77. The van der Waals surface area contributed by atoms with E-state index in [1.54, 1.807) is 0 Å². The monoisotopic (exact) mass is 219 g/mol. The lowest BCUT2D eigenvalue weighted by atomic mass is 9.83. The maximum Gasteiger partial charge on any atom is 0.0537 e. The summed E-state index contributed by atoms with van der Waals surface area (Å²) in [7, 11) is 1.95. The van der Waals surface area contributed by atoms with Gasteiger partial charge < -0.3 is 5.73 Å². The number of hydrogen-bond acceptors (Lipinski definition) is 2. The van der Waals surface area contributed by atoms with Crippen molar-refractivity contribution in [1.82, 2.24) is 9.78 Å². The predicted octanol–water partition coefficient (Wildman–Crippen LogP) is 2.25. The fraction of sp³-hybridized carbons (Fsp3) is 0.769. The number of fused-ring (bicyclic) bond motifs is 2. The van der Waals surface area contributed by atoms with Crippen molar-refractivity contribution < 1.29 is 0 Å². The zero-order valence-corrected chi connectivity index (χ0v) is 9.97. The van der Waals surface area contributed by atoms with E-state index in [1.165, 1.54) is 31.2 Å². The quantitative estimate of drug-likeness (QED) is 0.847. The summed E-state index contributed by atoms with van der Waals surface area (Å²) < 4.78 is 1.84. The van der Waals surface area contributed by atoms with E-state index >= 15 is 0 Å². The van der Waals surface area contributed by atoms with E-state index in [2.05, 4.69) is 11.3 Å². The second kappa shape index (κ2) is 3.88. The molecule has 1 aromatic heterocycles. The van der Waals surface area contributed by atoms with E-state index in [1.807, 2.05) is 17.9 Å². The Morgan fingerprint density at radius 3 is 2.94 bits per heavy atom. The fourth-order valence-electron chi connectivity index (χ4n) is 3.76. The molecule has 88 valence electrons. The van der Waals surface area contributed by atoms with Crippen molar-refractivity contribution in [3.05, 3.63) is 18.0 Å². The topological polar surface area (TPSA) is 43.8 Å². The smallest absolute Gasteiger partial charge is 0.0537 e. The average Bonchev–Trinajstić information content (AvgIpc) is 2.92. The van der Waals surface area contributed by atoms with Gasteiger partial charge in [-0.2, -0.15) is 5.10 Å². The molecule has 3 nitrogen and oxygen atoms in total. The van der Waals surface area contributed by atoms with Gasteiger partial charge >= 0.3 is 0 Å². The Bertz CT molecular complexity index is 371. The average molecular weight is 219 g/mol. The standard InChI is InChI=1S/C13H21N3/c1-16-8-12(7-15-16)13(14)6-11-5-9-2-3-10(11)4-9/h7-11,13H,2-6,14H2,1H3. The summed E-state index contributed by atoms with van der Waals surface area (Å²) in [6, 6.07) is 0.193. The summed E-state index contributed by atoms with van der Waals surface area (Å²) in [5.41, 5.74) is 7.47. The van der Waals surface area contributed by atoms with Crippen LogP contribution in [0.3, 0.4) is 0 Å². The molecule has 1 heterocycles. The van der Waals surface area contributed by atoms with Gasteiger partial charge in [0, 0.05) is 24.8 Å². The van der Waals surface area contributed by atoms with E-state index in [-0.39, 0.29) is 6.04 Å². The van der Waals surface area contributed by atoms with Gasteiger partial charge in [0.15, 0.2) is 0 Å². The van der Waals surface area contributed by atoms with Gasteiger partial charge in [0.05, 0.1) is 6.20 Å². The van der Waals surface area contributed by atoms with Crippen LogP contribution in [0.25, 0.3) is 0 Å². The summed E-state index contributed by atoms with van der Waals surface area (Å²) in [6.07, 6.45) is 11.0. The van der Waals surface area contributed by atoms with E-state index in [0.29, 0.717) is 0 Å². The van der Waals surface area contributed by atoms with Crippen molar-refractivity contribution in [3.8, 4) is 0 Å². The molecule has 4 atom stereocenters. The highest BCUT2D eigenvalue weighted by molar-refractivity contribution is 5.10. The van der Waals surface area contributed by atoms with E-state index in [0.717, 1.165) is 24.2 Å². The Morgan fingerprint density at radius 1 is 1.50 bits per heavy atom. The Kier molecular flexibility index (Phi) is 2.51. The molecule has 2 aliphatic carbocycles. The van der Waals surface area contributed by atoms with Crippen molar-refractivity contribution in [1.29, 1.82) is 0 Å². The molecule has 0 radical (unpaired) electrons. The van der Waals surface area contributed by atoms with Crippen molar-refractivity contribution in [3.63, 3.8) is 0 Å². The molecule has 0 aromatic carbocycles. The maximum absolute atomic E-state index is 6.27. The summed E-state index contributed by atoms with van der Waals surface area (Å²) in [4.78, 5) is 0. The van der Waals surface area contributed by atoms with Gasteiger partial charge in [-0.05, 0) is 43.4 Å². The van der Waals surface area contributed by atoms with E-state index in [9.17, 15) is 0 Å². The van der Waals surface area contributed by atoms with Crippen molar-refractivity contribution in [2.75, 3.05) is 0 Å². The predicted molar refractivity (Wildman–Crippen MR) is 63.7 cm³/mol. The van der Waals surface area contributed by atoms with Crippen LogP contribution in [0.4, 0.5) is 0 Å². The number of aryl methyl sites for hydroxylation is 1. The molecule has 0 amide bonds. The van der Waals surface area contributed by atoms with Crippen LogP contribution < -0.4 is 5.73 Å². The normalized spacial score (nSPS) is 34.5. The van der Waals surface area contributed by atoms with Crippen molar-refractivity contribution >= 4 is 0 Å². The minimum Gasteiger partial charge on any atom is -0.324 e. The lowest BCUT2D eigenvalue weighted by molar-refractivity contribution is 0.296. The molecule has 2 fully saturated rings. The first-order chi connectivity index (χ1) is 7.72. The van der Waals surface area contributed by atoms with E-state index < -0.39 is 0 Å². The molecule has 0 saturated heterocycles. The summed E-state index contributed by atoms with van der Waals surface area (Å²) in [5.74, 6) is 2.89. The Labute approximate surface area is 97.0 Å². The second-order valence-electron chi connectivity index (χ2n) is 5.72. The molecular weight excluding hydrogens is 198 g/mol. The highest BCUT2D eigenvalue weighted by Gasteiger charge is 2.39. The number of nitrogens with two attached hydrogens (primary N) is 1. The van der Waals surface area contributed by atoms with Gasteiger partial charge in [0.1, 0.15) is 0 Å². The maximum atomic E-state index is 6.27. The molecule has 3 rings (SSSR count). The van der Waals surface area contributed by atoms with Crippen molar-refractivity contribution in [2.45, 2.75) is 38.1 Å². The largest absolute Gasteiger partial charge is 0.324 e. The van der Waals surface area contributed by atoms with Crippen LogP contribution in [0.2, 0.25) is 0 Å². The molecule has 3 heteroatoms. The summed E-state index contributed by atoms with van der Waals surface area (Å²) >= 11 is 0. The minimum absolute atomic E-state index is 0.193. The van der Waals surface area contributed by atoms with Gasteiger partial charge in [-0.3, -0.25) is 4.68 Å². The molecule has 2 N–H and O–H groups in total. The molecule has 4 unspecified atom stereocenters. The first kappa shape index (κ1) is 10.3. The molecule has 2 aliphatic rings. The van der Waals surface area contributed by atoms with Crippen LogP contribution in [0.15, 0.2) is 12.4 Å². The Balaban J connectivity index is 1.62. The molecule has 0 spiro atoms. The lowest BCUT2D eigenvalue weighted by Gasteiger charge is -2.24. The van der Waals surface area contributed by atoms with Gasteiger partial charge in [0.25, 0.3) is 0 Å². The molecule has 1 aromatic rings. The van der Waals surface area contributed by atoms with Crippen LogP contribution in [0, 0.1) is 17.8 Å². The van der Waals surface area contributed by atoms with E-state index in [4.69, 9.17) is 5.73 Å². The SMILES string of the molecule is Cn1cc(C(N)CC2CC3CCC2C3)cn1. The molecule has 2 saturated carbocycles. The summed E-state index contributed by atoms with van der Waals surface area (Å²) in [5, 5.41) is 4.20. The first-order valence-electron chi connectivity index (χ1n) is 6.46. The number of hydrogen-bond donors (Lipinski definition) is 1. The Hall–Kier alpha value is -0.830. The second-order valence-corrected chi connectivity index (χ2v) is 5.72. The third-order valence-electron chi connectivity index (χ3n) is 4.59. The Morgan fingerprint density at radius 2 is 2.38 bits per heavy atom. The lowest BCUT2D eigenvalue weighted by Crippen LogP contribution is -2.19. The minimum atomic E-state index is 0.193. The van der Waals surface area contributed by atoms with Crippen LogP contribution >= 0.6 is 0 Å². The van der Waals surface area contributed by atoms with Crippen LogP contribution in [0.1, 0.15) is 43.7 Å². The first-order valence-corrected chi connectivity index (χ1v) is 6.46. The zero-order chi connectivity index (χ0) is 11.1. The molecule has 2 bridgehead atoms. The highest BCUT2D eigenvalue weighted by Crippen LogP contribution is 2.50. The van der Waals surface area contributed by atoms with Gasteiger partial charge in [-0.15, -0.1) is 0 Å². The molecule has 0 aliphatic heterocycles. The van der Waals surface area contributed by atoms with Crippen LogP contribution in [0.5, 0.6) is 0 Å². The van der Waals surface area contributed by atoms with Gasteiger partial charge in [0.2, 0.25) is 0 Å². The van der Waals surface area contributed by atoms with Crippen LogP contribution in [-0.2, 0) is 7.05 Å². The van der Waals surface area contributed by atoms with Gasteiger partial charge in [-0.1, -0.05) is 6.42 Å². The summed E-state index contributed by atoms with van der Waals surface area (Å²) in [6.45, 7) is 0. The van der Waals surface area contributed by atoms with Gasteiger partial charge in [-0.25, -0.2) is 0 Å². The number of nitrogens with zero attached hydrogens (tertiary/aromatic N) is 2. The molecule has 16 heavy (non-hydrogen) atoms.